The van der Waals surface area contributed by atoms with Gasteiger partial charge in [-0.3, -0.25) is 39.4 Å². The zero-order valence-corrected chi connectivity index (χ0v) is 28.6. The van der Waals surface area contributed by atoms with Crippen molar-refractivity contribution in [2.75, 3.05) is 9.80 Å². The molecule has 4 aliphatic heterocycles. The molecule has 4 aliphatic rings. The van der Waals surface area contributed by atoms with Crippen LogP contribution in [0.15, 0.2) is 106 Å². The van der Waals surface area contributed by atoms with Crippen LogP contribution in [0, 0.1) is 32.1 Å². The lowest BCUT2D eigenvalue weighted by molar-refractivity contribution is -0.385. The molecule has 4 aromatic carbocycles. The van der Waals surface area contributed by atoms with Crippen molar-refractivity contribution in [1.82, 2.24) is 10.0 Å². The summed E-state index contributed by atoms with van der Waals surface area (Å²) >= 11 is 6.75. The van der Waals surface area contributed by atoms with Gasteiger partial charge in [-0.25, -0.2) is 19.8 Å². The molecule has 0 spiro atoms. The molecule has 250 valence electrons. The first-order valence-corrected chi connectivity index (χ1v) is 16.9. The number of amides is 4. The Morgan fingerprint density at radius 1 is 0.460 bits per heavy atom. The summed E-state index contributed by atoms with van der Waals surface area (Å²) in [6.07, 6.45) is 0. The Labute approximate surface area is 299 Å². The molecule has 0 N–H and O–H groups in total. The molecule has 6 unspecified atom stereocenters. The highest BCUT2D eigenvalue weighted by atomic mass is 79.9. The van der Waals surface area contributed by atoms with Gasteiger partial charge in [0.25, 0.3) is 23.2 Å². The third-order valence-corrected chi connectivity index (χ3v) is 10.8. The quantitative estimate of drug-likeness (QED) is 0.139. The number of rotatable bonds is 6. The number of anilines is 2. The molecule has 0 aromatic heterocycles. The average molecular weight is 802 g/mol. The molecule has 0 bridgehead atoms. The van der Waals surface area contributed by atoms with Crippen LogP contribution in [0.2, 0.25) is 0 Å². The number of hydrogen-bond donors (Lipinski definition) is 0. The smallest absolute Gasteiger partial charge is 0.269 e. The summed E-state index contributed by atoms with van der Waals surface area (Å²) in [5.74, 6) is -4.40. The summed E-state index contributed by atoms with van der Waals surface area (Å²) in [7, 11) is 0. The van der Waals surface area contributed by atoms with E-state index in [1.165, 1.54) is 48.5 Å². The number of hydrogen-bond acceptors (Lipinski definition) is 10. The number of non-ortho nitro benzene ring substituents is 2. The van der Waals surface area contributed by atoms with E-state index in [1.54, 1.807) is 58.5 Å². The van der Waals surface area contributed by atoms with Gasteiger partial charge in [0.1, 0.15) is 12.1 Å². The highest BCUT2D eigenvalue weighted by molar-refractivity contribution is 9.10. The number of benzene rings is 4. The van der Waals surface area contributed by atoms with E-state index in [2.05, 4.69) is 31.9 Å². The molecule has 6 atom stereocenters. The van der Waals surface area contributed by atoms with Crippen LogP contribution in [0.5, 0.6) is 0 Å². The molecular formula is C34H22Br2N6O8. The van der Waals surface area contributed by atoms with Gasteiger partial charge >= 0.3 is 0 Å². The molecule has 8 rings (SSSR count). The van der Waals surface area contributed by atoms with Gasteiger partial charge in [-0.15, -0.1) is 0 Å². The maximum atomic E-state index is 14.5. The molecule has 4 fully saturated rings. The molecule has 0 radical (unpaired) electrons. The van der Waals surface area contributed by atoms with Crippen LogP contribution in [-0.2, 0) is 19.2 Å². The van der Waals surface area contributed by atoms with Gasteiger partial charge in [0.05, 0.1) is 45.1 Å². The Bertz CT molecular complexity index is 1980. The predicted octanol–water partition coefficient (Wildman–Crippen LogP) is 5.47. The summed E-state index contributed by atoms with van der Waals surface area (Å²) in [6, 6.07) is 20.0. The molecule has 50 heavy (non-hydrogen) atoms. The second-order valence-electron chi connectivity index (χ2n) is 12.3. The standard InChI is InChI=1S/C34H22Br2N6O8/c35-19-5-13-21(14-6-19)37-31(43)25-27(17-1-9-23(10-2-17)41(47)48)39-30-26(32(44)38(34(30)46)22-15-7-20(36)8-16-22)28(40(39)29(25)33(37)45)18-3-11-24(12-4-18)42(49)50/h1-16,25-30H. The highest BCUT2D eigenvalue weighted by Crippen LogP contribution is 2.60. The van der Waals surface area contributed by atoms with Crippen molar-refractivity contribution < 1.29 is 29.0 Å². The topological polar surface area (TPSA) is 168 Å². The normalized spacial score (nSPS) is 26.0. The molecule has 14 nitrogen and oxygen atoms in total. The number of nitro groups is 2. The minimum Gasteiger partial charge on any atom is -0.274 e. The third kappa shape index (κ3) is 4.66. The molecule has 0 aliphatic carbocycles. The monoisotopic (exact) mass is 800 g/mol. The predicted molar refractivity (Wildman–Crippen MR) is 183 cm³/mol. The van der Waals surface area contributed by atoms with E-state index in [0.29, 0.717) is 22.5 Å². The van der Waals surface area contributed by atoms with Crippen LogP contribution >= 0.6 is 31.9 Å². The van der Waals surface area contributed by atoms with Crippen LogP contribution in [0.4, 0.5) is 22.7 Å². The summed E-state index contributed by atoms with van der Waals surface area (Å²) in [4.78, 5) is 82.2. The van der Waals surface area contributed by atoms with Gasteiger partial charge in [-0.2, -0.15) is 0 Å². The van der Waals surface area contributed by atoms with Crippen molar-refractivity contribution in [2.45, 2.75) is 24.2 Å². The summed E-state index contributed by atoms with van der Waals surface area (Å²) < 4.78 is 1.46. The van der Waals surface area contributed by atoms with Crippen molar-refractivity contribution in [3.05, 3.63) is 137 Å². The van der Waals surface area contributed by atoms with Crippen molar-refractivity contribution >= 4 is 78.2 Å². The number of hydrazine groups is 1. The summed E-state index contributed by atoms with van der Waals surface area (Å²) in [5.41, 5.74) is 1.12. The van der Waals surface area contributed by atoms with Crippen molar-refractivity contribution in [2.24, 2.45) is 11.8 Å². The Kier molecular flexibility index (Phi) is 7.52. The number of nitro benzene ring substituents is 2. The fourth-order valence-electron chi connectivity index (χ4n) is 7.77. The first-order valence-electron chi connectivity index (χ1n) is 15.3. The molecular weight excluding hydrogens is 780 g/mol. The fourth-order valence-corrected chi connectivity index (χ4v) is 8.30. The number of nitrogens with zero attached hydrogens (tertiary/aromatic N) is 6. The Morgan fingerprint density at radius 2 is 0.780 bits per heavy atom. The SMILES string of the molecule is O=C1C2C(C(=O)N1c1ccc(Br)cc1)N1C(c3ccc([N+](=O)[O-])cc3)C3C(=O)N(c4ccc(Br)cc4)C(=O)C3N1C2c1ccc([N+](=O)[O-])cc1. The zero-order chi connectivity index (χ0) is 35.2. The minimum absolute atomic E-state index is 0.193. The van der Waals surface area contributed by atoms with E-state index >= 15 is 0 Å². The number of carbonyl (C=O) groups is 4. The molecule has 4 heterocycles. The summed E-state index contributed by atoms with van der Waals surface area (Å²) in [6.45, 7) is 0. The van der Waals surface area contributed by atoms with Crippen LogP contribution < -0.4 is 9.80 Å². The molecule has 4 aromatic rings. The average Bonchev–Trinajstić information content (AvgIpc) is 3.77. The summed E-state index contributed by atoms with van der Waals surface area (Å²) in [5, 5.41) is 26.4. The minimum atomic E-state index is -1.18. The molecule has 0 saturated carbocycles. The van der Waals surface area contributed by atoms with Gasteiger partial charge in [0.2, 0.25) is 11.8 Å². The number of fused-ring (bicyclic) bond motifs is 5. The third-order valence-electron chi connectivity index (χ3n) is 9.79. The lowest BCUT2D eigenvalue weighted by Gasteiger charge is -2.35. The molecule has 16 heteroatoms. The van der Waals surface area contributed by atoms with Gasteiger partial charge in [0, 0.05) is 33.2 Å². The van der Waals surface area contributed by atoms with Crippen LogP contribution in [0.3, 0.4) is 0 Å². The van der Waals surface area contributed by atoms with E-state index in [4.69, 9.17) is 0 Å². The number of halogens is 2. The second-order valence-corrected chi connectivity index (χ2v) is 14.1. The maximum absolute atomic E-state index is 14.5. The van der Waals surface area contributed by atoms with Crippen LogP contribution in [-0.4, -0.2) is 55.6 Å². The van der Waals surface area contributed by atoms with Crippen LogP contribution in [0.25, 0.3) is 0 Å². The Hall–Kier alpha value is -5.16. The van der Waals surface area contributed by atoms with E-state index in [0.717, 1.165) is 18.7 Å². The Balaban J connectivity index is 1.33. The van der Waals surface area contributed by atoms with Crippen LogP contribution in [0.1, 0.15) is 23.2 Å². The van der Waals surface area contributed by atoms with Crippen molar-refractivity contribution in [3.63, 3.8) is 0 Å². The first kappa shape index (κ1) is 32.1. The van der Waals surface area contributed by atoms with Crippen molar-refractivity contribution in [3.8, 4) is 0 Å². The van der Waals surface area contributed by atoms with Gasteiger partial charge < -0.3 is 0 Å². The van der Waals surface area contributed by atoms with E-state index in [1.807, 2.05) is 0 Å². The lowest BCUT2D eigenvalue weighted by atomic mass is 9.84. The first-order chi connectivity index (χ1) is 24.0. The molecule has 4 amide bonds. The van der Waals surface area contributed by atoms with Gasteiger partial charge in [0.15, 0.2) is 0 Å². The van der Waals surface area contributed by atoms with Gasteiger partial charge in [-0.05, 0) is 59.7 Å². The van der Waals surface area contributed by atoms with Gasteiger partial charge in [-0.1, -0.05) is 56.1 Å². The second kappa shape index (κ2) is 11.7. The maximum Gasteiger partial charge on any atom is 0.269 e. The van der Waals surface area contributed by atoms with E-state index in [-0.39, 0.29) is 11.4 Å². The molecule has 4 saturated heterocycles. The zero-order valence-electron chi connectivity index (χ0n) is 25.4. The van der Waals surface area contributed by atoms with E-state index < -0.39 is 69.5 Å². The largest absolute Gasteiger partial charge is 0.274 e. The number of carbonyl (C=O) groups excluding carboxylic acids is 4. The number of imide groups is 2. The van der Waals surface area contributed by atoms with Crippen molar-refractivity contribution in [1.29, 1.82) is 0 Å². The Morgan fingerprint density at radius 3 is 1.08 bits per heavy atom. The van der Waals surface area contributed by atoms with E-state index in [9.17, 15) is 39.4 Å². The lowest BCUT2D eigenvalue weighted by Crippen LogP contribution is -2.50. The fraction of sp³-hybridized carbons (Fsp3) is 0.176. The highest BCUT2D eigenvalue weighted by Gasteiger charge is 2.73.